The predicted octanol–water partition coefficient (Wildman–Crippen LogP) is 1.68. The van der Waals surface area contributed by atoms with E-state index in [1.54, 1.807) is 20.1 Å². The summed E-state index contributed by atoms with van der Waals surface area (Å²) in [6, 6.07) is 5.51. The van der Waals surface area contributed by atoms with Crippen LogP contribution in [-0.4, -0.2) is 42.6 Å². The second-order valence-corrected chi connectivity index (χ2v) is 4.39. The van der Waals surface area contributed by atoms with Crippen LogP contribution in [0.25, 0.3) is 0 Å². The minimum Gasteiger partial charge on any atom is -0.478 e. The van der Waals surface area contributed by atoms with Crippen LogP contribution < -0.4 is 10.1 Å². The van der Waals surface area contributed by atoms with E-state index in [4.69, 9.17) is 9.47 Å². The predicted molar refractivity (Wildman–Crippen MR) is 71.0 cm³/mol. The highest BCUT2D eigenvalue weighted by atomic mass is 16.5. The van der Waals surface area contributed by atoms with Crippen LogP contribution in [0.5, 0.6) is 5.88 Å². The molecular weight excluding hydrogens is 232 g/mol. The van der Waals surface area contributed by atoms with Crippen LogP contribution >= 0.6 is 0 Å². The molecule has 0 aliphatic carbocycles. The summed E-state index contributed by atoms with van der Waals surface area (Å²) in [6.45, 7) is 5.21. The summed E-state index contributed by atoms with van der Waals surface area (Å²) in [5.41, 5.74) is -0.820. The lowest BCUT2D eigenvalue weighted by atomic mass is 10.0. The SMILES string of the molecule is CCOc1cccc(NCC(C)(O)CCOC)n1. The molecule has 0 bridgehead atoms. The van der Waals surface area contributed by atoms with Crippen molar-refractivity contribution < 1.29 is 14.6 Å². The molecule has 1 heterocycles. The number of nitrogens with one attached hydrogen (secondary N) is 1. The van der Waals surface area contributed by atoms with Crippen molar-refractivity contribution in [3.63, 3.8) is 0 Å². The van der Waals surface area contributed by atoms with Gasteiger partial charge in [-0.05, 0) is 19.9 Å². The Balaban J connectivity index is 2.49. The summed E-state index contributed by atoms with van der Waals surface area (Å²) in [5.74, 6) is 1.28. The number of aliphatic hydroxyl groups is 1. The third kappa shape index (κ3) is 5.33. The highest BCUT2D eigenvalue weighted by Crippen LogP contribution is 2.14. The lowest BCUT2D eigenvalue weighted by Crippen LogP contribution is -2.34. The van der Waals surface area contributed by atoms with E-state index in [0.29, 0.717) is 37.9 Å². The van der Waals surface area contributed by atoms with Gasteiger partial charge in [0.15, 0.2) is 0 Å². The fraction of sp³-hybridized carbons (Fsp3) is 0.615. The molecule has 1 aromatic rings. The average molecular weight is 254 g/mol. The fourth-order valence-corrected chi connectivity index (χ4v) is 1.43. The summed E-state index contributed by atoms with van der Waals surface area (Å²) in [4.78, 5) is 4.27. The molecule has 102 valence electrons. The quantitative estimate of drug-likeness (QED) is 0.739. The second-order valence-electron chi connectivity index (χ2n) is 4.39. The molecular formula is C13H22N2O3. The molecule has 18 heavy (non-hydrogen) atoms. The highest BCUT2D eigenvalue weighted by molar-refractivity contribution is 5.37. The molecule has 0 aliphatic heterocycles. The molecule has 0 fully saturated rings. The maximum atomic E-state index is 10.1. The molecule has 5 heteroatoms. The highest BCUT2D eigenvalue weighted by Gasteiger charge is 2.19. The van der Waals surface area contributed by atoms with Crippen LogP contribution in [-0.2, 0) is 4.74 Å². The number of hydrogen-bond acceptors (Lipinski definition) is 5. The molecule has 1 atom stereocenters. The monoisotopic (exact) mass is 254 g/mol. The summed E-state index contributed by atoms with van der Waals surface area (Å²) in [7, 11) is 1.62. The molecule has 1 unspecified atom stereocenters. The van der Waals surface area contributed by atoms with Gasteiger partial charge in [-0.15, -0.1) is 0 Å². The molecule has 0 amide bonds. The van der Waals surface area contributed by atoms with Crippen molar-refractivity contribution in [3.8, 4) is 5.88 Å². The Bertz CT molecular complexity index is 356. The topological polar surface area (TPSA) is 63.6 Å². The molecule has 1 aromatic heterocycles. The maximum absolute atomic E-state index is 10.1. The number of hydrogen-bond donors (Lipinski definition) is 2. The minimum absolute atomic E-state index is 0.416. The molecule has 1 rings (SSSR count). The van der Waals surface area contributed by atoms with Crippen LogP contribution in [0.2, 0.25) is 0 Å². The zero-order valence-corrected chi connectivity index (χ0v) is 11.3. The normalized spacial score (nSPS) is 14.0. The van der Waals surface area contributed by atoms with Gasteiger partial charge in [-0.3, -0.25) is 0 Å². The molecule has 5 nitrogen and oxygen atoms in total. The van der Waals surface area contributed by atoms with Crippen molar-refractivity contribution in [2.75, 3.05) is 32.2 Å². The van der Waals surface area contributed by atoms with E-state index < -0.39 is 5.60 Å². The lowest BCUT2D eigenvalue weighted by Gasteiger charge is -2.23. The van der Waals surface area contributed by atoms with Gasteiger partial charge in [-0.2, -0.15) is 4.98 Å². The van der Waals surface area contributed by atoms with Crippen molar-refractivity contribution in [1.82, 2.24) is 4.98 Å². The average Bonchev–Trinajstić information content (AvgIpc) is 2.35. The summed E-state index contributed by atoms with van der Waals surface area (Å²) < 4.78 is 10.3. The Hall–Kier alpha value is -1.33. The van der Waals surface area contributed by atoms with Crippen LogP contribution in [0.3, 0.4) is 0 Å². The standard InChI is InChI=1S/C13H22N2O3/c1-4-18-12-7-5-6-11(15-12)14-10-13(2,16)8-9-17-3/h5-7,16H,4,8-10H2,1-3H3,(H,14,15). The second kappa shape index (κ2) is 7.18. The Morgan fingerprint density at radius 1 is 1.44 bits per heavy atom. The van der Waals surface area contributed by atoms with Crippen molar-refractivity contribution in [3.05, 3.63) is 18.2 Å². The Labute approximate surface area is 108 Å². The van der Waals surface area contributed by atoms with E-state index in [0.717, 1.165) is 0 Å². The Morgan fingerprint density at radius 2 is 2.22 bits per heavy atom. The summed E-state index contributed by atoms with van der Waals surface area (Å²) in [5, 5.41) is 13.2. The van der Waals surface area contributed by atoms with Crippen molar-refractivity contribution in [1.29, 1.82) is 0 Å². The Morgan fingerprint density at radius 3 is 2.89 bits per heavy atom. The molecule has 0 saturated heterocycles. The van der Waals surface area contributed by atoms with E-state index in [2.05, 4.69) is 10.3 Å². The van der Waals surface area contributed by atoms with E-state index in [1.807, 2.05) is 19.1 Å². The van der Waals surface area contributed by atoms with Gasteiger partial charge in [-0.1, -0.05) is 6.07 Å². The third-order valence-corrected chi connectivity index (χ3v) is 2.51. The largest absolute Gasteiger partial charge is 0.478 e. The first-order chi connectivity index (χ1) is 8.57. The molecule has 0 aliphatic rings. The first-order valence-electron chi connectivity index (χ1n) is 6.12. The lowest BCUT2D eigenvalue weighted by molar-refractivity contribution is 0.0357. The van der Waals surface area contributed by atoms with E-state index in [9.17, 15) is 5.11 Å². The number of aromatic nitrogens is 1. The zero-order chi connectivity index (χ0) is 13.4. The zero-order valence-electron chi connectivity index (χ0n) is 11.3. The van der Waals surface area contributed by atoms with Crippen LogP contribution in [0.1, 0.15) is 20.3 Å². The van der Waals surface area contributed by atoms with Crippen LogP contribution in [0, 0.1) is 0 Å². The molecule has 0 radical (unpaired) electrons. The van der Waals surface area contributed by atoms with Crippen molar-refractivity contribution in [2.45, 2.75) is 25.9 Å². The fourth-order valence-electron chi connectivity index (χ4n) is 1.43. The number of anilines is 1. The first-order valence-corrected chi connectivity index (χ1v) is 6.12. The van der Waals surface area contributed by atoms with Crippen LogP contribution in [0.15, 0.2) is 18.2 Å². The van der Waals surface area contributed by atoms with Gasteiger partial charge >= 0.3 is 0 Å². The molecule has 0 aromatic carbocycles. The summed E-state index contributed by atoms with van der Waals surface area (Å²) in [6.07, 6.45) is 0.571. The van der Waals surface area contributed by atoms with E-state index in [1.165, 1.54) is 0 Å². The number of rotatable bonds is 8. The summed E-state index contributed by atoms with van der Waals surface area (Å²) >= 11 is 0. The number of nitrogens with zero attached hydrogens (tertiary/aromatic N) is 1. The van der Waals surface area contributed by atoms with Gasteiger partial charge in [0.2, 0.25) is 5.88 Å². The number of methoxy groups -OCH3 is 1. The van der Waals surface area contributed by atoms with Gasteiger partial charge in [-0.25, -0.2) is 0 Å². The number of pyridine rings is 1. The van der Waals surface area contributed by atoms with Gasteiger partial charge in [0.25, 0.3) is 0 Å². The molecule has 0 saturated carbocycles. The molecule has 0 spiro atoms. The Kier molecular flexibility index (Phi) is 5.88. The van der Waals surface area contributed by atoms with Crippen LogP contribution in [0.4, 0.5) is 5.82 Å². The smallest absolute Gasteiger partial charge is 0.215 e. The molecule has 2 N–H and O–H groups in total. The van der Waals surface area contributed by atoms with Gasteiger partial charge in [0.05, 0.1) is 12.2 Å². The van der Waals surface area contributed by atoms with E-state index >= 15 is 0 Å². The van der Waals surface area contributed by atoms with Gasteiger partial charge in [0, 0.05) is 32.7 Å². The maximum Gasteiger partial charge on any atom is 0.215 e. The van der Waals surface area contributed by atoms with Gasteiger partial charge < -0.3 is 19.9 Å². The van der Waals surface area contributed by atoms with Gasteiger partial charge in [0.1, 0.15) is 5.82 Å². The van der Waals surface area contributed by atoms with E-state index in [-0.39, 0.29) is 0 Å². The van der Waals surface area contributed by atoms with Crippen molar-refractivity contribution >= 4 is 5.82 Å². The minimum atomic E-state index is -0.820. The number of ether oxygens (including phenoxy) is 2. The van der Waals surface area contributed by atoms with Crippen molar-refractivity contribution in [2.24, 2.45) is 0 Å². The third-order valence-electron chi connectivity index (χ3n) is 2.51. The first kappa shape index (κ1) is 14.7.